The van der Waals surface area contributed by atoms with Crippen LogP contribution in [-0.2, 0) is 9.59 Å². The summed E-state index contributed by atoms with van der Waals surface area (Å²) in [5.41, 5.74) is 0.146. The highest BCUT2D eigenvalue weighted by molar-refractivity contribution is 5.97. The van der Waals surface area contributed by atoms with E-state index in [0.717, 1.165) is 38.8 Å². The smallest absolute Gasteiger partial charge is 0.303 e. The van der Waals surface area contributed by atoms with E-state index in [9.17, 15) is 9.59 Å². The summed E-state index contributed by atoms with van der Waals surface area (Å²) in [6.07, 6.45) is 8.52. The van der Waals surface area contributed by atoms with Gasteiger partial charge in [0.15, 0.2) is 0 Å². The van der Waals surface area contributed by atoms with Gasteiger partial charge in [0.1, 0.15) is 11.6 Å². The van der Waals surface area contributed by atoms with Gasteiger partial charge in [0.25, 0.3) is 5.91 Å². The van der Waals surface area contributed by atoms with Crippen LogP contribution in [0, 0.1) is 11.3 Å². The average Bonchev–Trinajstić information content (AvgIpc) is 2.76. The lowest BCUT2D eigenvalue weighted by molar-refractivity contribution is -0.137. The first kappa shape index (κ1) is 18.0. The molecule has 0 aliphatic carbocycles. The van der Waals surface area contributed by atoms with E-state index in [4.69, 9.17) is 10.4 Å². The number of hydrogen-bond donors (Lipinski definition) is 2. The van der Waals surface area contributed by atoms with E-state index < -0.39 is 5.97 Å². The van der Waals surface area contributed by atoms with Crippen molar-refractivity contribution >= 4 is 11.9 Å². The van der Waals surface area contributed by atoms with Crippen molar-refractivity contribution in [1.82, 2.24) is 10.2 Å². The number of carboxylic acid groups (broad SMARTS) is 1. The van der Waals surface area contributed by atoms with Crippen LogP contribution in [0.5, 0.6) is 0 Å². The maximum absolute atomic E-state index is 12.0. The van der Waals surface area contributed by atoms with Gasteiger partial charge in [-0.1, -0.05) is 19.3 Å². The molecule has 2 N–H and O–H groups in total. The lowest BCUT2D eigenvalue weighted by atomic mass is 10.2. The van der Waals surface area contributed by atoms with E-state index in [1.807, 2.05) is 6.07 Å². The predicted molar refractivity (Wildman–Crippen MR) is 82.9 cm³/mol. The number of unbranched alkanes of at least 4 members (excludes halogenated alkanes) is 2. The molecule has 22 heavy (non-hydrogen) atoms. The van der Waals surface area contributed by atoms with E-state index in [0.29, 0.717) is 13.0 Å². The molecule has 0 unspecified atom stereocenters. The quantitative estimate of drug-likeness (QED) is 0.406. The molecule has 0 spiro atoms. The van der Waals surface area contributed by atoms with Gasteiger partial charge in [-0.3, -0.25) is 9.59 Å². The molecule has 0 aromatic rings. The Morgan fingerprint density at radius 3 is 2.41 bits per heavy atom. The van der Waals surface area contributed by atoms with E-state index in [-0.39, 0.29) is 17.9 Å². The van der Waals surface area contributed by atoms with Crippen molar-refractivity contribution in [1.29, 1.82) is 5.26 Å². The fraction of sp³-hybridized carbons (Fsp3) is 0.688. The van der Waals surface area contributed by atoms with E-state index in [2.05, 4.69) is 10.2 Å². The number of hydrogen-bond acceptors (Lipinski definition) is 4. The first-order chi connectivity index (χ1) is 10.6. The molecule has 122 valence electrons. The number of nitrogens with one attached hydrogen (secondary N) is 1. The minimum Gasteiger partial charge on any atom is -0.481 e. The van der Waals surface area contributed by atoms with Crippen molar-refractivity contribution in [3.8, 4) is 6.07 Å². The van der Waals surface area contributed by atoms with Gasteiger partial charge in [-0.2, -0.15) is 5.26 Å². The Morgan fingerprint density at radius 2 is 1.82 bits per heavy atom. The lowest BCUT2D eigenvalue weighted by Crippen LogP contribution is -2.28. The summed E-state index contributed by atoms with van der Waals surface area (Å²) in [7, 11) is 0. The molecule has 0 aromatic heterocycles. The van der Waals surface area contributed by atoms with Crippen molar-refractivity contribution in [2.75, 3.05) is 19.6 Å². The Kier molecular flexibility index (Phi) is 8.73. The molecule has 0 bridgehead atoms. The fourth-order valence-corrected chi connectivity index (χ4v) is 2.42. The summed E-state index contributed by atoms with van der Waals surface area (Å²) >= 11 is 0. The largest absolute Gasteiger partial charge is 0.481 e. The molecule has 1 aliphatic rings. The van der Waals surface area contributed by atoms with Crippen molar-refractivity contribution < 1.29 is 14.7 Å². The summed E-state index contributed by atoms with van der Waals surface area (Å²) in [5.74, 6) is -1.14. The maximum atomic E-state index is 12.0. The minimum atomic E-state index is -0.795. The third-order valence-electron chi connectivity index (χ3n) is 3.67. The van der Waals surface area contributed by atoms with Gasteiger partial charge >= 0.3 is 5.97 Å². The first-order valence-electron chi connectivity index (χ1n) is 7.99. The molecule has 1 saturated heterocycles. The van der Waals surface area contributed by atoms with E-state index in [1.165, 1.54) is 12.8 Å². The van der Waals surface area contributed by atoms with Crippen molar-refractivity contribution in [3.63, 3.8) is 0 Å². The highest BCUT2D eigenvalue weighted by Gasteiger charge is 2.12. The van der Waals surface area contributed by atoms with Crippen LogP contribution < -0.4 is 5.32 Å². The molecule has 1 heterocycles. The van der Waals surface area contributed by atoms with Crippen molar-refractivity contribution in [2.24, 2.45) is 0 Å². The third kappa shape index (κ3) is 7.67. The third-order valence-corrected chi connectivity index (χ3v) is 3.67. The van der Waals surface area contributed by atoms with Crippen LogP contribution in [0.1, 0.15) is 51.4 Å². The summed E-state index contributed by atoms with van der Waals surface area (Å²) in [4.78, 5) is 24.4. The fourth-order valence-electron chi connectivity index (χ4n) is 2.42. The van der Waals surface area contributed by atoms with Gasteiger partial charge in [0.05, 0.1) is 0 Å². The molecular formula is C16H25N3O3. The van der Waals surface area contributed by atoms with Crippen molar-refractivity contribution in [2.45, 2.75) is 51.4 Å². The summed E-state index contributed by atoms with van der Waals surface area (Å²) in [5, 5.41) is 20.4. The van der Waals surface area contributed by atoms with Gasteiger partial charge in [0, 0.05) is 32.3 Å². The minimum absolute atomic E-state index is 0.146. The number of aliphatic carboxylic acids is 1. The predicted octanol–water partition coefficient (Wildman–Crippen LogP) is 2.03. The summed E-state index contributed by atoms with van der Waals surface area (Å²) in [6.45, 7) is 2.26. The molecule has 6 nitrogen and oxygen atoms in total. The molecule has 0 saturated carbocycles. The zero-order valence-electron chi connectivity index (χ0n) is 13.0. The number of carbonyl (C=O) groups is 2. The second-order valence-electron chi connectivity index (χ2n) is 5.57. The monoisotopic (exact) mass is 307 g/mol. The van der Waals surface area contributed by atoms with Crippen LogP contribution in [0.15, 0.2) is 11.8 Å². The number of amides is 1. The van der Waals surface area contributed by atoms with Crippen LogP contribution in [0.2, 0.25) is 0 Å². The molecule has 6 heteroatoms. The second kappa shape index (κ2) is 10.7. The second-order valence-corrected chi connectivity index (χ2v) is 5.57. The van der Waals surface area contributed by atoms with E-state index >= 15 is 0 Å². The SMILES string of the molecule is N#C/C(=C/N1CCCCCC1)C(=O)NCCCCCC(=O)O. The van der Waals surface area contributed by atoms with Gasteiger partial charge in [0.2, 0.25) is 0 Å². The molecule has 1 amide bonds. The molecule has 1 fully saturated rings. The number of carboxylic acids is 1. The summed E-state index contributed by atoms with van der Waals surface area (Å²) in [6, 6.07) is 1.97. The Bertz CT molecular complexity index is 432. The van der Waals surface area contributed by atoms with Gasteiger partial charge in [-0.15, -0.1) is 0 Å². The Hall–Kier alpha value is -2.03. The highest BCUT2D eigenvalue weighted by Crippen LogP contribution is 2.11. The Balaban J connectivity index is 2.31. The molecule has 1 rings (SSSR count). The average molecular weight is 307 g/mol. The highest BCUT2D eigenvalue weighted by atomic mass is 16.4. The maximum Gasteiger partial charge on any atom is 0.303 e. The van der Waals surface area contributed by atoms with Gasteiger partial charge in [-0.05, 0) is 25.7 Å². The van der Waals surface area contributed by atoms with Crippen LogP contribution in [0.3, 0.4) is 0 Å². The molecule has 0 aromatic carbocycles. The topological polar surface area (TPSA) is 93.4 Å². The lowest BCUT2D eigenvalue weighted by Gasteiger charge is -2.17. The van der Waals surface area contributed by atoms with Gasteiger partial charge < -0.3 is 15.3 Å². The van der Waals surface area contributed by atoms with Crippen LogP contribution in [-0.4, -0.2) is 41.5 Å². The van der Waals surface area contributed by atoms with Crippen LogP contribution >= 0.6 is 0 Å². The van der Waals surface area contributed by atoms with Crippen LogP contribution in [0.4, 0.5) is 0 Å². The van der Waals surface area contributed by atoms with E-state index in [1.54, 1.807) is 6.20 Å². The number of nitrogens with zero attached hydrogens (tertiary/aromatic N) is 2. The molecule has 0 atom stereocenters. The zero-order valence-corrected chi connectivity index (χ0v) is 13.0. The number of rotatable bonds is 8. The molecule has 1 aliphatic heterocycles. The number of carbonyl (C=O) groups excluding carboxylic acids is 1. The Labute approximate surface area is 131 Å². The number of likely N-dealkylation sites (tertiary alicyclic amines) is 1. The first-order valence-corrected chi connectivity index (χ1v) is 7.99. The standard InChI is InChI=1S/C16H25N3O3/c17-12-14(13-19-10-6-1-2-7-11-19)16(22)18-9-5-3-4-8-15(20)21/h13H,1-11H2,(H,18,22)(H,20,21)/b14-13-. The van der Waals surface area contributed by atoms with Gasteiger partial charge in [-0.25, -0.2) is 0 Å². The Morgan fingerprint density at radius 1 is 1.14 bits per heavy atom. The normalized spacial score (nSPS) is 15.8. The van der Waals surface area contributed by atoms with Crippen molar-refractivity contribution in [3.05, 3.63) is 11.8 Å². The summed E-state index contributed by atoms with van der Waals surface area (Å²) < 4.78 is 0. The molecule has 0 radical (unpaired) electrons. The van der Waals surface area contributed by atoms with Crippen LogP contribution in [0.25, 0.3) is 0 Å². The zero-order chi connectivity index (χ0) is 16.2. The number of nitriles is 1. The molecular weight excluding hydrogens is 282 g/mol.